The first-order chi connectivity index (χ1) is 13.8. The van der Waals surface area contributed by atoms with Gasteiger partial charge < -0.3 is 5.32 Å². The Labute approximate surface area is 168 Å². The van der Waals surface area contributed by atoms with E-state index in [1.54, 1.807) is 0 Å². The van der Waals surface area contributed by atoms with Gasteiger partial charge >= 0.3 is 0 Å². The molecule has 5 heteroatoms. The first kappa shape index (κ1) is 19.2. The Morgan fingerprint density at radius 1 is 1.11 bits per heavy atom. The van der Waals surface area contributed by atoms with Gasteiger partial charge in [-0.3, -0.25) is 9.69 Å². The molecule has 0 unspecified atom stereocenters. The van der Waals surface area contributed by atoms with Crippen molar-refractivity contribution in [2.75, 3.05) is 19.6 Å². The lowest BCUT2D eigenvalue weighted by molar-refractivity contribution is -0.122. The second-order valence-electron chi connectivity index (χ2n) is 8.39. The molecule has 0 atom stereocenters. The average Bonchev–Trinajstić information content (AvgIpc) is 3.47. The summed E-state index contributed by atoms with van der Waals surface area (Å²) in [6.45, 7) is 2.34. The van der Waals surface area contributed by atoms with Crippen LogP contribution in [0.15, 0.2) is 42.7 Å². The van der Waals surface area contributed by atoms with Gasteiger partial charge in [0.05, 0.1) is 18.4 Å². The molecule has 28 heavy (non-hydrogen) atoms. The van der Waals surface area contributed by atoms with Gasteiger partial charge in [-0.05, 0) is 55.7 Å². The van der Waals surface area contributed by atoms with Crippen molar-refractivity contribution >= 4 is 5.91 Å². The fourth-order valence-corrected chi connectivity index (χ4v) is 4.28. The summed E-state index contributed by atoms with van der Waals surface area (Å²) in [4.78, 5) is 14.9. The van der Waals surface area contributed by atoms with Crippen molar-refractivity contribution in [2.45, 2.75) is 57.4 Å². The summed E-state index contributed by atoms with van der Waals surface area (Å²) in [7, 11) is 0. The Balaban J connectivity index is 1.21. The lowest BCUT2D eigenvalue weighted by Gasteiger charge is -2.29. The Bertz CT molecular complexity index is 747. The number of hydrogen-bond donors (Lipinski definition) is 1. The van der Waals surface area contributed by atoms with Gasteiger partial charge in [0.15, 0.2) is 0 Å². The predicted molar refractivity (Wildman–Crippen MR) is 111 cm³/mol. The molecule has 2 aliphatic rings. The maximum atomic E-state index is 12.5. The van der Waals surface area contributed by atoms with Crippen LogP contribution in [0.3, 0.4) is 0 Å². The zero-order valence-electron chi connectivity index (χ0n) is 16.7. The van der Waals surface area contributed by atoms with Gasteiger partial charge in [-0.25, -0.2) is 4.68 Å². The topological polar surface area (TPSA) is 50.2 Å². The fraction of sp³-hybridized carbons (Fsp3) is 0.565. The Morgan fingerprint density at radius 2 is 1.89 bits per heavy atom. The lowest BCUT2D eigenvalue weighted by atomic mass is 9.89. The van der Waals surface area contributed by atoms with Crippen molar-refractivity contribution in [1.82, 2.24) is 20.0 Å². The molecule has 2 saturated carbocycles. The molecule has 150 valence electrons. The smallest absolute Gasteiger partial charge is 0.234 e. The lowest BCUT2D eigenvalue weighted by Crippen LogP contribution is -2.41. The van der Waals surface area contributed by atoms with Gasteiger partial charge in [-0.15, -0.1) is 0 Å². The Morgan fingerprint density at radius 3 is 2.64 bits per heavy atom. The molecule has 2 aliphatic carbocycles. The van der Waals surface area contributed by atoms with Crippen LogP contribution in [0.5, 0.6) is 0 Å². The van der Waals surface area contributed by atoms with Gasteiger partial charge in [0.25, 0.3) is 0 Å². The Kier molecular flexibility index (Phi) is 6.42. The van der Waals surface area contributed by atoms with Crippen LogP contribution in [0, 0.1) is 5.92 Å². The first-order valence-electron chi connectivity index (χ1n) is 10.9. The van der Waals surface area contributed by atoms with Gasteiger partial charge in [0.1, 0.15) is 0 Å². The predicted octanol–water partition coefficient (Wildman–Crippen LogP) is 3.58. The summed E-state index contributed by atoms with van der Waals surface area (Å²) in [5.74, 6) is 0.962. The number of hydrogen-bond acceptors (Lipinski definition) is 3. The fourth-order valence-electron chi connectivity index (χ4n) is 4.28. The van der Waals surface area contributed by atoms with Crippen LogP contribution in [0.4, 0.5) is 0 Å². The minimum absolute atomic E-state index is 0.165. The molecule has 2 aromatic rings. The van der Waals surface area contributed by atoms with Crippen molar-refractivity contribution in [3.63, 3.8) is 0 Å². The number of nitrogens with zero attached hydrogens (tertiary/aromatic N) is 3. The number of carbonyl (C=O) groups is 1. The molecule has 1 aromatic heterocycles. The van der Waals surface area contributed by atoms with Crippen molar-refractivity contribution in [2.24, 2.45) is 5.92 Å². The normalized spacial score (nSPS) is 17.8. The SMILES string of the molecule is O=C(CN(CC1CCCCC1)C1CC1)NCCc1cnn(-c2ccccc2)c1. The number of amides is 1. The highest BCUT2D eigenvalue weighted by atomic mass is 16.2. The number of para-hydroxylation sites is 1. The number of nitrogens with one attached hydrogen (secondary N) is 1. The highest BCUT2D eigenvalue weighted by Gasteiger charge is 2.32. The standard InChI is InChI=1S/C23H32N4O/c28-23(18-26(21-11-12-21)16-19-7-3-1-4-8-19)24-14-13-20-15-25-27(17-20)22-9-5-2-6-10-22/h2,5-6,9-10,15,17,19,21H,1,3-4,7-8,11-14,16,18H2,(H,24,28). The second-order valence-corrected chi connectivity index (χ2v) is 8.39. The third-order valence-electron chi connectivity index (χ3n) is 6.02. The van der Waals surface area contributed by atoms with Gasteiger partial charge in [0, 0.05) is 25.3 Å². The van der Waals surface area contributed by atoms with E-state index in [1.807, 2.05) is 47.4 Å². The van der Waals surface area contributed by atoms with Crippen LogP contribution in [-0.2, 0) is 11.2 Å². The molecule has 1 heterocycles. The van der Waals surface area contributed by atoms with Crippen molar-refractivity contribution < 1.29 is 4.79 Å². The minimum atomic E-state index is 0.165. The van der Waals surface area contributed by atoms with E-state index >= 15 is 0 Å². The molecule has 4 rings (SSSR count). The van der Waals surface area contributed by atoms with E-state index in [-0.39, 0.29) is 5.91 Å². The number of rotatable bonds is 9. The van der Waals surface area contributed by atoms with Crippen LogP contribution < -0.4 is 5.32 Å². The molecule has 5 nitrogen and oxygen atoms in total. The number of benzene rings is 1. The van der Waals surface area contributed by atoms with Gasteiger partial charge in [0.2, 0.25) is 5.91 Å². The quantitative estimate of drug-likeness (QED) is 0.723. The molecule has 0 aliphatic heterocycles. The largest absolute Gasteiger partial charge is 0.355 e. The molecule has 1 N–H and O–H groups in total. The zero-order chi connectivity index (χ0) is 19.2. The van der Waals surface area contributed by atoms with E-state index < -0.39 is 0 Å². The maximum Gasteiger partial charge on any atom is 0.234 e. The van der Waals surface area contributed by atoms with Crippen molar-refractivity contribution in [3.05, 3.63) is 48.3 Å². The summed E-state index contributed by atoms with van der Waals surface area (Å²) >= 11 is 0. The summed E-state index contributed by atoms with van der Waals surface area (Å²) in [6.07, 6.45) is 14.1. The molecule has 0 radical (unpaired) electrons. The molecule has 0 spiro atoms. The number of aromatic nitrogens is 2. The highest BCUT2D eigenvalue weighted by molar-refractivity contribution is 5.78. The first-order valence-corrected chi connectivity index (χ1v) is 10.9. The molecule has 1 amide bonds. The summed E-state index contributed by atoms with van der Waals surface area (Å²) in [5, 5.41) is 7.54. The highest BCUT2D eigenvalue weighted by Crippen LogP contribution is 2.31. The molecular weight excluding hydrogens is 348 g/mol. The van der Waals surface area contributed by atoms with Crippen molar-refractivity contribution in [3.8, 4) is 5.69 Å². The van der Waals surface area contributed by atoms with E-state index in [0.29, 0.717) is 19.1 Å². The molecule has 1 aromatic carbocycles. The van der Waals surface area contributed by atoms with Crippen LogP contribution in [0.25, 0.3) is 5.69 Å². The monoisotopic (exact) mass is 380 g/mol. The van der Waals surface area contributed by atoms with Crippen LogP contribution in [-0.4, -0.2) is 46.3 Å². The molecule has 2 fully saturated rings. The third-order valence-corrected chi connectivity index (χ3v) is 6.02. The molecular formula is C23H32N4O. The minimum Gasteiger partial charge on any atom is -0.355 e. The second kappa shape index (κ2) is 9.37. The maximum absolute atomic E-state index is 12.5. The van der Waals surface area contributed by atoms with E-state index in [9.17, 15) is 4.79 Å². The number of carbonyl (C=O) groups excluding carboxylic acids is 1. The van der Waals surface area contributed by atoms with Crippen LogP contribution in [0.1, 0.15) is 50.5 Å². The van der Waals surface area contributed by atoms with Gasteiger partial charge in [-0.1, -0.05) is 37.5 Å². The van der Waals surface area contributed by atoms with Gasteiger partial charge in [-0.2, -0.15) is 5.10 Å². The average molecular weight is 381 g/mol. The van der Waals surface area contributed by atoms with E-state index in [1.165, 1.54) is 44.9 Å². The van der Waals surface area contributed by atoms with E-state index in [4.69, 9.17) is 0 Å². The zero-order valence-corrected chi connectivity index (χ0v) is 16.7. The van der Waals surface area contributed by atoms with Crippen LogP contribution >= 0.6 is 0 Å². The third kappa shape index (κ3) is 5.44. The molecule has 0 saturated heterocycles. The van der Waals surface area contributed by atoms with E-state index in [2.05, 4.69) is 15.3 Å². The summed E-state index contributed by atoms with van der Waals surface area (Å²) in [5.41, 5.74) is 2.20. The van der Waals surface area contributed by atoms with Crippen LogP contribution in [0.2, 0.25) is 0 Å². The summed E-state index contributed by atoms with van der Waals surface area (Å²) in [6, 6.07) is 10.8. The molecule has 0 bridgehead atoms. The Hall–Kier alpha value is -2.14. The van der Waals surface area contributed by atoms with E-state index in [0.717, 1.165) is 30.1 Å². The van der Waals surface area contributed by atoms with Crippen molar-refractivity contribution in [1.29, 1.82) is 0 Å². The summed E-state index contributed by atoms with van der Waals surface area (Å²) < 4.78 is 1.89.